The summed E-state index contributed by atoms with van der Waals surface area (Å²) >= 11 is 1.13. The number of nitrogens with zero attached hydrogens (tertiary/aromatic N) is 2. The number of thiazole rings is 1. The summed E-state index contributed by atoms with van der Waals surface area (Å²) < 4.78 is 70.6. The van der Waals surface area contributed by atoms with Crippen LogP contribution >= 0.6 is 11.3 Å². The third-order valence-electron chi connectivity index (χ3n) is 5.33. The molecule has 13 heteroatoms. The van der Waals surface area contributed by atoms with Crippen LogP contribution in [0.5, 0.6) is 0 Å². The van der Waals surface area contributed by atoms with Crippen molar-refractivity contribution < 1.29 is 31.5 Å². The van der Waals surface area contributed by atoms with E-state index in [9.17, 15) is 21.6 Å². The Kier molecular flexibility index (Phi) is 9.29. The zero-order chi connectivity index (χ0) is 26.3. The van der Waals surface area contributed by atoms with Gasteiger partial charge in [0.15, 0.2) is 10.7 Å². The highest BCUT2D eigenvalue weighted by atomic mass is 32.2. The van der Waals surface area contributed by atoms with Crippen molar-refractivity contribution in [3.05, 3.63) is 69.8 Å². The summed E-state index contributed by atoms with van der Waals surface area (Å²) in [4.78, 5) is 13.1. The molecule has 8 nitrogen and oxygen atoms in total. The second-order valence-corrected chi connectivity index (χ2v) is 10.6. The monoisotopic (exact) mass is 542 g/mol. The zero-order valence-corrected chi connectivity index (χ0v) is 20.9. The molecule has 0 spiro atoms. The Bertz CT molecular complexity index is 1260. The van der Waals surface area contributed by atoms with Gasteiger partial charge in [0.05, 0.1) is 5.51 Å². The standard InChI is InChI=1S/C22H23F3N4O2S2.CH2O2/c1-29(10-14-5-6-14)11-15-3-2-4-18(23)17(15)9-26-16-7-19(24)22(20(25)8-16)33(30,31)28-21-12-32-13-27-21;2-1-3/h2-4,7-8,12-14,26,28H,5-6,9-11H2,1H3;1H,(H,2,3). The largest absolute Gasteiger partial charge is 0.483 e. The first-order chi connectivity index (χ1) is 17.1. The van der Waals surface area contributed by atoms with E-state index in [2.05, 4.69) is 15.2 Å². The lowest BCUT2D eigenvalue weighted by atomic mass is 10.1. The molecule has 0 unspecified atom stereocenters. The second kappa shape index (κ2) is 12.2. The zero-order valence-electron chi connectivity index (χ0n) is 19.2. The number of benzene rings is 2. The lowest BCUT2D eigenvalue weighted by Crippen LogP contribution is -2.22. The number of anilines is 2. The van der Waals surface area contributed by atoms with Gasteiger partial charge in [-0.05, 0) is 49.6 Å². The summed E-state index contributed by atoms with van der Waals surface area (Å²) in [5.74, 6) is -2.29. The van der Waals surface area contributed by atoms with Gasteiger partial charge in [0.25, 0.3) is 16.5 Å². The van der Waals surface area contributed by atoms with Crippen molar-refractivity contribution >= 4 is 39.3 Å². The van der Waals surface area contributed by atoms with Gasteiger partial charge in [-0.25, -0.2) is 26.6 Å². The van der Waals surface area contributed by atoms with E-state index in [0.29, 0.717) is 18.0 Å². The van der Waals surface area contributed by atoms with Gasteiger partial charge in [-0.3, -0.25) is 9.52 Å². The number of carboxylic acid groups (broad SMARTS) is 1. The number of halogens is 3. The fourth-order valence-corrected chi connectivity index (χ4v) is 5.29. The van der Waals surface area contributed by atoms with E-state index in [0.717, 1.165) is 35.6 Å². The van der Waals surface area contributed by atoms with E-state index in [-0.39, 0.29) is 24.5 Å². The molecule has 0 atom stereocenters. The van der Waals surface area contributed by atoms with Gasteiger partial charge >= 0.3 is 0 Å². The van der Waals surface area contributed by atoms with Crippen LogP contribution in [0.1, 0.15) is 24.0 Å². The van der Waals surface area contributed by atoms with Crippen molar-refractivity contribution in [1.29, 1.82) is 0 Å². The molecule has 36 heavy (non-hydrogen) atoms. The Balaban J connectivity index is 0.00000115. The summed E-state index contributed by atoms with van der Waals surface area (Å²) in [7, 11) is -2.53. The fraction of sp³-hybridized carbons (Fsp3) is 0.304. The topological polar surface area (TPSA) is 112 Å². The van der Waals surface area contributed by atoms with E-state index in [4.69, 9.17) is 9.90 Å². The number of nitrogens with one attached hydrogen (secondary N) is 2. The first kappa shape index (κ1) is 27.4. The minimum atomic E-state index is -4.51. The van der Waals surface area contributed by atoms with Gasteiger partial charge in [-0.1, -0.05) is 12.1 Å². The van der Waals surface area contributed by atoms with Gasteiger partial charge in [0.1, 0.15) is 17.5 Å². The number of rotatable bonds is 10. The Labute approximate surface area is 210 Å². The second-order valence-electron chi connectivity index (χ2n) is 8.22. The molecule has 0 radical (unpaired) electrons. The Morgan fingerprint density at radius 3 is 2.44 bits per heavy atom. The molecule has 1 saturated carbocycles. The summed E-state index contributed by atoms with van der Waals surface area (Å²) in [6, 6.07) is 6.54. The maximum atomic E-state index is 14.6. The smallest absolute Gasteiger partial charge is 0.290 e. The lowest BCUT2D eigenvalue weighted by molar-refractivity contribution is -0.122. The van der Waals surface area contributed by atoms with Crippen molar-refractivity contribution in [3.63, 3.8) is 0 Å². The molecule has 1 aliphatic rings. The Morgan fingerprint density at radius 1 is 1.19 bits per heavy atom. The van der Waals surface area contributed by atoms with Crippen LogP contribution in [0.4, 0.5) is 24.7 Å². The van der Waals surface area contributed by atoms with Crippen LogP contribution in [0, 0.1) is 23.4 Å². The molecule has 1 aliphatic carbocycles. The number of hydrogen-bond donors (Lipinski definition) is 3. The molecule has 2 aromatic carbocycles. The SMILES string of the molecule is CN(Cc1cccc(F)c1CNc1cc(F)c(S(=O)(=O)Nc2cscn2)c(F)c1)CC1CC1.O=CO. The van der Waals surface area contributed by atoms with Crippen LogP contribution in [0.2, 0.25) is 0 Å². The molecule has 1 aromatic heterocycles. The van der Waals surface area contributed by atoms with Gasteiger partial charge in [0, 0.05) is 36.3 Å². The third kappa shape index (κ3) is 7.42. The van der Waals surface area contributed by atoms with Crippen molar-refractivity contribution in [2.75, 3.05) is 23.6 Å². The lowest BCUT2D eigenvalue weighted by Gasteiger charge is -2.19. The van der Waals surface area contributed by atoms with Crippen LogP contribution in [0.3, 0.4) is 0 Å². The number of carbonyl (C=O) groups is 1. The number of hydrogen-bond acceptors (Lipinski definition) is 7. The molecule has 3 aromatic rings. The number of aromatic nitrogens is 1. The quantitative estimate of drug-likeness (QED) is 0.323. The minimum Gasteiger partial charge on any atom is -0.483 e. The Morgan fingerprint density at radius 2 is 1.86 bits per heavy atom. The highest BCUT2D eigenvalue weighted by Crippen LogP contribution is 2.30. The van der Waals surface area contributed by atoms with E-state index >= 15 is 0 Å². The van der Waals surface area contributed by atoms with Crippen molar-refractivity contribution in [3.8, 4) is 0 Å². The highest BCUT2D eigenvalue weighted by Gasteiger charge is 2.26. The predicted octanol–water partition coefficient (Wildman–Crippen LogP) is 4.52. The molecular weight excluding hydrogens is 517 g/mol. The van der Waals surface area contributed by atoms with Crippen molar-refractivity contribution in [2.24, 2.45) is 5.92 Å². The molecule has 0 bridgehead atoms. The molecule has 1 heterocycles. The van der Waals surface area contributed by atoms with Gasteiger partial charge in [-0.2, -0.15) is 0 Å². The summed E-state index contributed by atoms with van der Waals surface area (Å²) in [6.07, 6.45) is 2.42. The maximum absolute atomic E-state index is 14.6. The summed E-state index contributed by atoms with van der Waals surface area (Å²) in [5.41, 5.74) is 2.55. The third-order valence-corrected chi connectivity index (χ3v) is 7.32. The molecule has 0 amide bonds. The van der Waals surface area contributed by atoms with Crippen molar-refractivity contribution in [2.45, 2.75) is 30.8 Å². The molecule has 194 valence electrons. The fourth-order valence-electron chi connectivity index (χ4n) is 3.61. The average molecular weight is 543 g/mol. The molecule has 4 rings (SSSR count). The van der Waals surface area contributed by atoms with Gasteiger partial charge in [0.2, 0.25) is 0 Å². The number of sulfonamides is 1. The first-order valence-corrected chi connectivity index (χ1v) is 13.2. The summed E-state index contributed by atoms with van der Waals surface area (Å²) in [5, 5.41) is 11.1. The van der Waals surface area contributed by atoms with Crippen molar-refractivity contribution in [1.82, 2.24) is 9.88 Å². The Hall–Kier alpha value is -3.16. The van der Waals surface area contributed by atoms with Crippen LogP contribution in [0.15, 0.2) is 46.1 Å². The normalized spacial score (nSPS) is 13.1. The predicted molar refractivity (Wildman–Crippen MR) is 131 cm³/mol. The molecule has 0 saturated heterocycles. The van der Waals surface area contributed by atoms with E-state index in [1.54, 1.807) is 6.07 Å². The van der Waals surface area contributed by atoms with Crippen LogP contribution in [-0.2, 0) is 27.9 Å². The van der Waals surface area contributed by atoms with Crippen LogP contribution in [-0.4, -0.2) is 43.5 Å². The van der Waals surface area contributed by atoms with E-state index < -0.39 is 32.4 Å². The van der Waals surface area contributed by atoms with Gasteiger partial charge < -0.3 is 15.3 Å². The summed E-state index contributed by atoms with van der Waals surface area (Å²) in [6.45, 7) is 1.22. The molecular formula is C23H25F3N4O4S2. The molecule has 0 aliphatic heterocycles. The highest BCUT2D eigenvalue weighted by molar-refractivity contribution is 7.92. The van der Waals surface area contributed by atoms with E-state index in [1.807, 2.05) is 17.8 Å². The van der Waals surface area contributed by atoms with Crippen LogP contribution < -0.4 is 10.0 Å². The molecule has 3 N–H and O–H groups in total. The van der Waals surface area contributed by atoms with Crippen LogP contribution in [0.25, 0.3) is 0 Å². The maximum Gasteiger partial charge on any atom is 0.290 e. The van der Waals surface area contributed by atoms with E-state index in [1.165, 1.54) is 29.8 Å². The van der Waals surface area contributed by atoms with Gasteiger partial charge in [-0.15, -0.1) is 11.3 Å². The first-order valence-electron chi connectivity index (χ1n) is 10.8. The average Bonchev–Trinajstić information content (AvgIpc) is 3.45. The molecule has 1 fully saturated rings. The minimum absolute atomic E-state index is 0.00172.